The molecule has 7 nitrogen and oxygen atoms in total. The van der Waals surface area contributed by atoms with Crippen molar-refractivity contribution in [2.75, 3.05) is 25.0 Å². The number of carbonyl (C=O) groups excluding carboxylic acids is 1. The maximum atomic E-state index is 12.3. The summed E-state index contributed by atoms with van der Waals surface area (Å²) in [7, 11) is 0. The fraction of sp³-hybridized carbons (Fsp3) is 0.562. The van der Waals surface area contributed by atoms with Gasteiger partial charge in [-0.25, -0.2) is 0 Å². The van der Waals surface area contributed by atoms with E-state index in [1.165, 1.54) is 12.1 Å². The number of carbonyl (C=O) groups is 1. The number of rotatable bonds is 5. The number of aliphatic hydroxyl groups is 1. The zero-order valence-electron chi connectivity index (χ0n) is 13.5. The number of nitro benzene ring substituents is 1. The molecule has 2 N–H and O–H groups in total. The van der Waals surface area contributed by atoms with Gasteiger partial charge in [-0.1, -0.05) is 6.92 Å². The molecule has 0 aromatic heterocycles. The number of nitrogens with zero attached hydrogens (tertiary/aromatic N) is 2. The van der Waals surface area contributed by atoms with Crippen LogP contribution in [-0.2, 0) is 4.79 Å². The van der Waals surface area contributed by atoms with Gasteiger partial charge in [0.05, 0.1) is 18.1 Å². The third-order valence-electron chi connectivity index (χ3n) is 4.46. The van der Waals surface area contributed by atoms with Crippen LogP contribution < -0.4 is 5.32 Å². The Balaban J connectivity index is 2.00. The van der Waals surface area contributed by atoms with Crippen molar-refractivity contribution in [1.82, 2.24) is 4.90 Å². The highest BCUT2D eigenvalue weighted by Gasteiger charge is 2.29. The highest BCUT2D eigenvalue weighted by molar-refractivity contribution is 5.93. The molecule has 1 saturated heterocycles. The summed E-state index contributed by atoms with van der Waals surface area (Å²) in [6.07, 6.45) is 2.08. The van der Waals surface area contributed by atoms with Crippen molar-refractivity contribution in [1.29, 1.82) is 0 Å². The largest absolute Gasteiger partial charge is 0.395 e. The Bertz CT molecular complexity index is 591. The van der Waals surface area contributed by atoms with Crippen molar-refractivity contribution in [3.05, 3.63) is 33.9 Å². The Hall–Kier alpha value is -1.99. The van der Waals surface area contributed by atoms with Gasteiger partial charge in [-0.3, -0.25) is 19.8 Å². The van der Waals surface area contributed by atoms with E-state index in [0.717, 1.165) is 19.4 Å². The molecule has 1 heterocycles. The Morgan fingerprint density at radius 3 is 2.87 bits per heavy atom. The molecular formula is C16H23N3O4. The van der Waals surface area contributed by atoms with Crippen LogP contribution in [0.15, 0.2) is 18.2 Å². The molecule has 1 aromatic carbocycles. The molecule has 1 aromatic rings. The first-order valence-corrected chi connectivity index (χ1v) is 7.82. The molecule has 2 atom stereocenters. The van der Waals surface area contributed by atoms with Crippen molar-refractivity contribution >= 4 is 17.3 Å². The normalized spacial score (nSPS) is 21.9. The van der Waals surface area contributed by atoms with Crippen LogP contribution in [0.5, 0.6) is 0 Å². The predicted octanol–water partition coefficient (Wildman–Crippen LogP) is 1.93. The molecule has 0 bridgehead atoms. The van der Waals surface area contributed by atoms with Crippen LogP contribution in [0.4, 0.5) is 11.4 Å². The molecule has 0 radical (unpaired) electrons. The predicted molar refractivity (Wildman–Crippen MR) is 87.3 cm³/mol. The van der Waals surface area contributed by atoms with Gasteiger partial charge in [0.25, 0.3) is 5.69 Å². The van der Waals surface area contributed by atoms with Crippen molar-refractivity contribution in [3.63, 3.8) is 0 Å². The van der Waals surface area contributed by atoms with Gasteiger partial charge in [-0.2, -0.15) is 0 Å². The second kappa shape index (κ2) is 7.52. The third-order valence-corrected chi connectivity index (χ3v) is 4.46. The summed E-state index contributed by atoms with van der Waals surface area (Å²) in [6.45, 7) is 4.87. The Morgan fingerprint density at radius 1 is 1.52 bits per heavy atom. The van der Waals surface area contributed by atoms with Gasteiger partial charge >= 0.3 is 0 Å². The molecule has 126 valence electrons. The molecule has 23 heavy (non-hydrogen) atoms. The van der Waals surface area contributed by atoms with Crippen LogP contribution in [-0.4, -0.2) is 46.6 Å². The number of nitro groups is 1. The van der Waals surface area contributed by atoms with Crippen molar-refractivity contribution in [3.8, 4) is 0 Å². The minimum atomic E-state index is -0.459. The van der Waals surface area contributed by atoms with Gasteiger partial charge in [0.2, 0.25) is 5.91 Å². The van der Waals surface area contributed by atoms with Crippen molar-refractivity contribution in [2.45, 2.75) is 32.7 Å². The number of anilines is 1. The minimum Gasteiger partial charge on any atom is -0.395 e. The molecule has 0 aliphatic carbocycles. The number of amides is 1. The fourth-order valence-electron chi connectivity index (χ4n) is 3.10. The Morgan fingerprint density at radius 2 is 2.26 bits per heavy atom. The first kappa shape index (κ1) is 17.4. The smallest absolute Gasteiger partial charge is 0.269 e. The second-order valence-electron chi connectivity index (χ2n) is 6.14. The van der Waals surface area contributed by atoms with Gasteiger partial charge in [0.1, 0.15) is 0 Å². The van der Waals surface area contributed by atoms with E-state index < -0.39 is 4.92 Å². The lowest BCUT2D eigenvalue weighted by Crippen LogP contribution is -2.49. The monoisotopic (exact) mass is 321 g/mol. The summed E-state index contributed by atoms with van der Waals surface area (Å²) in [5, 5.41) is 23.1. The fourth-order valence-corrected chi connectivity index (χ4v) is 3.10. The number of piperidine rings is 1. The summed E-state index contributed by atoms with van der Waals surface area (Å²) in [4.78, 5) is 24.5. The first-order chi connectivity index (χ1) is 10.9. The lowest BCUT2D eigenvalue weighted by molar-refractivity contribution is -0.384. The van der Waals surface area contributed by atoms with Crippen molar-refractivity contribution in [2.24, 2.45) is 5.92 Å². The Kier molecular flexibility index (Phi) is 5.68. The maximum Gasteiger partial charge on any atom is 0.269 e. The van der Waals surface area contributed by atoms with E-state index in [0.29, 0.717) is 17.2 Å². The number of benzene rings is 1. The molecule has 1 amide bonds. The number of hydrogen-bond donors (Lipinski definition) is 2. The van der Waals surface area contributed by atoms with E-state index >= 15 is 0 Å². The average molecular weight is 321 g/mol. The van der Waals surface area contributed by atoms with Crippen molar-refractivity contribution < 1.29 is 14.8 Å². The number of non-ortho nitro benzene ring substituents is 1. The molecule has 1 fully saturated rings. The summed E-state index contributed by atoms with van der Waals surface area (Å²) in [6, 6.07) is 4.37. The highest BCUT2D eigenvalue weighted by Crippen LogP contribution is 2.24. The number of aryl methyl sites for hydroxylation is 1. The van der Waals surface area contributed by atoms with Gasteiger partial charge in [-0.15, -0.1) is 0 Å². The summed E-state index contributed by atoms with van der Waals surface area (Å²) in [5.41, 5.74) is 1.23. The number of aliphatic hydroxyl groups excluding tert-OH is 1. The number of hydrogen-bond acceptors (Lipinski definition) is 5. The average Bonchev–Trinajstić information content (AvgIpc) is 2.49. The molecule has 0 saturated carbocycles. The number of nitrogens with one attached hydrogen (secondary N) is 1. The first-order valence-electron chi connectivity index (χ1n) is 7.82. The maximum absolute atomic E-state index is 12.3. The van der Waals surface area contributed by atoms with Crippen LogP contribution >= 0.6 is 0 Å². The molecular weight excluding hydrogens is 298 g/mol. The van der Waals surface area contributed by atoms with E-state index in [1.807, 2.05) is 4.90 Å². The zero-order valence-corrected chi connectivity index (χ0v) is 13.5. The minimum absolute atomic E-state index is 0.00528. The molecule has 2 rings (SSSR count). The molecule has 0 spiro atoms. The highest BCUT2D eigenvalue weighted by atomic mass is 16.6. The zero-order chi connectivity index (χ0) is 17.0. The molecule has 1 aliphatic heterocycles. The second-order valence-corrected chi connectivity index (χ2v) is 6.14. The topological polar surface area (TPSA) is 95.7 Å². The molecule has 1 aliphatic rings. The molecule has 2 unspecified atom stereocenters. The lowest BCUT2D eigenvalue weighted by atomic mass is 9.91. The van der Waals surface area contributed by atoms with E-state index in [9.17, 15) is 20.0 Å². The quantitative estimate of drug-likeness (QED) is 0.638. The van der Waals surface area contributed by atoms with E-state index in [4.69, 9.17) is 0 Å². The van der Waals surface area contributed by atoms with Crippen LogP contribution in [0.2, 0.25) is 0 Å². The standard InChI is InChI=1S/C16H23N3O4/c1-11-4-3-7-18(15(11)10-20)9-16(21)17-14-6-5-13(19(22)23)8-12(14)2/h5-6,8,11,15,20H,3-4,7,9-10H2,1-2H3,(H,17,21). The SMILES string of the molecule is Cc1cc([N+](=O)[O-])ccc1NC(=O)CN1CCCC(C)C1CO. The summed E-state index contributed by atoms with van der Waals surface area (Å²) < 4.78 is 0. The Labute approximate surface area is 135 Å². The third kappa shape index (κ3) is 4.27. The van der Waals surface area contributed by atoms with Gasteiger partial charge in [-0.05, 0) is 43.9 Å². The van der Waals surface area contributed by atoms with Crippen LogP contribution in [0.25, 0.3) is 0 Å². The lowest BCUT2D eigenvalue weighted by Gasteiger charge is -2.38. The van der Waals surface area contributed by atoms with Crippen LogP contribution in [0.1, 0.15) is 25.3 Å². The summed E-state index contributed by atoms with van der Waals surface area (Å²) >= 11 is 0. The summed E-state index contributed by atoms with van der Waals surface area (Å²) in [5.74, 6) is 0.192. The van der Waals surface area contributed by atoms with E-state index in [-0.39, 0.29) is 30.8 Å². The number of likely N-dealkylation sites (tertiary alicyclic amines) is 1. The van der Waals surface area contributed by atoms with E-state index in [1.54, 1.807) is 13.0 Å². The van der Waals surface area contributed by atoms with Gasteiger partial charge in [0.15, 0.2) is 0 Å². The van der Waals surface area contributed by atoms with Crippen LogP contribution in [0.3, 0.4) is 0 Å². The van der Waals surface area contributed by atoms with Gasteiger partial charge in [0, 0.05) is 23.9 Å². The molecule has 7 heteroatoms. The van der Waals surface area contributed by atoms with Gasteiger partial charge < -0.3 is 10.4 Å². The van der Waals surface area contributed by atoms with E-state index in [2.05, 4.69) is 12.2 Å². The van der Waals surface area contributed by atoms with Crippen LogP contribution in [0, 0.1) is 23.0 Å².